The number of fused-ring (bicyclic) bond motifs is 4. The topological polar surface area (TPSA) is 42.3 Å². The second-order valence-corrected chi connectivity index (χ2v) is 14.0. The summed E-state index contributed by atoms with van der Waals surface area (Å²) in [6, 6.07) is 37.7. The fourth-order valence-electron chi connectivity index (χ4n) is 7.19. The van der Waals surface area contributed by atoms with E-state index < -0.39 is 6.98 Å². The molecule has 4 aromatic carbocycles. The molecular weight excluding hydrogens is 804 g/mol. The molecule has 2 aliphatic rings. The van der Waals surface area contributed by atoms with Crippen LogP contribution in [0.15, 0.2) is 91.1 Å². The van der Waals surface area contributed by atoms with Gasteiger partial charge in [-0.2, -0.15) is 18.2 Å². The molecular formula is C40H36N6OPtSi-2. The number of ether oxygens (including phenoxy) is 1. The molecule has 248 valence electrons. The second-order valence-electron chi connectivity index (χ2n) is 12.5. The number of rotatable bonds is 6. The summed E-state index contributed by atoms with van der Waals surface area (Å²) in [5, 5.41) is 2.19. The van der Waals surface area contributed by atoms with Crippen LogP contribution in [0.3, 0.4) is 0 Å². The number of nitrogens with zero attached hydrogens (tertiary/aromatic N) is 6. The average Bonchev–Trinajstić information content (AvgIpc) is 3.72. The molecule has 0 aliphatic carbocycles. The summed E-state index contributed by atoms with van der Waals surface area (Å²) in [5.41, 5.74) is 6.16. The second kappa shape index (κ2) is 13.5. The number of piperidine rings is 1. The minimum absolute atomic E-state index is 0. The molecule has 2 saturated heterocycles. The van der Waals surface area contributed by atoms with Gasteiger partial charge in [-0.15, -0.1) is 29.7 Å². The Morgan fingerprint density at radius 1 is 0.776 bits per heavy atom. The van der Waals surface area contributed by atoms with E-state index in [9.17, 15) is 0 Å². The molecule has 49 heavy (non-hydrogen) atoms. The predicted molar refractivity (Wildman–Crippen MR) is 193 cm³/mol. The number of hydrogen-bond acceptors (Lipinski definition) is 4. The van der Waals surface area contributed by atoms with Crippen molar-refractivity contribution < 1.29 is 34.5 Å². The number of imidazole rings is 1. The molecule has 0 bridgehead atoms. The molecule has 0 atom stereocenters. The van der Waals surface area contributed by atoms with Crippen molar-refractivity contribution in [1.29, 1.82) is 0 Å². The molecule has 2 radical (unpaired) electrons. The van der Waals surface area contributed by atoms with E-state index in [2.05, 4.69) is 81.4 Å². The first-order chi connectivity index (χ1) is 24.9. The van der Waals surface area contributed by atoms with E-state index >= 15 is 0 Å². The largest absolute Gasteiger partial charge is 0.510 e. The van der Waals surface area contributed by atoms with Crippen molar-refractivity contribution in [2.45, 2.75) is 31.4 Å². The fourth-order valence-corrected chi connectivity index (χ4v) is 8.29. The number of hydrogen-bond donors (Lipinski definition) is 0. The number of anilines is 2. The molecule has 0 unspecified atom stereocenters. The number of aromatic nitrogens is 4. The maximum atomic E-state index is 8.21. The molecule has 7 aromatic rings. The van der Waals surface area contributed by atoms with Gasteiger partial charge < -0.3 is 28.2 Å². The first kappa shape index (κ1) is 28.4. The van der Waals surface area contributed by atoms with Crippen molar-refractivity contribution in [2.24, 2.45) is 6.98 Å². The van der Waals surface area contributed by atoms with Crippen LogP contribution in [0.1, 0.15) is 23.4 Å². The van der Waals surface area contributed by atoms with E-state index in [1.165, 1.54) is 28.8 Å². The van der Waals surface area contributed by atoms with Crippen molar-refractivity contribution in [3.63, 3.8) is 0 Å². The Kier molecular flexibility index (Phi) is 7.83. The number of benzene rings is 4. The van der Waals surface area contributed by atoms with Crippen LogP contribution in [0.4, 0.5) is 11.4 Å². The van der Waals surface area contributed by atoms with Gasteiger partial charge in [0.2, 0.25) is 6.33 Å². The van der Waals surface area contributed by atoms with Crippen molar-refractivity contribution in [1.82, 2.24) is 14.1 Å². The zero-order valence-corrected chi connectivity index (χ0v) is 30.2. The summed E-state index contributed by atoms with van der Waals surface area (Å²) in [7, 11) is 1.04. The summed E-state index contributed by atoms with van der Waals surface area (Å²) in [5.74, 6) is 1.87. The monoisotopic (exact) mass is 842 g/mol. The molecule has 3 aromatic heterocycles. The maximum Gasteiger partial charge on any atom is 0.242 e. The van der Waals surface area contributed by atoms with Gasteiger partial charge in [0.15, 0.2) is 0 Å². The van der Waals surface area contributed by atoms with Gasteiger partial charge in [-0.3, -0.25) is 0 Å². The Hall–Kier alpha value is -4.39. The molecule has 0 N–H and O–H groups in total. The average molecular weight is 843 g/mol. The third-order valence-corrected chi connectivity index (χ3v) is 10.7. The van der Waals surface area contributed by atoms with Gasteiger partial charge in [0.25, 0.3) is 0 Å². The molecule has 7 nitrogen and oxygen atoms in total. The minimum Gasteiger partial charge on any atom is -0.510 e. The van der Waals surface area contributed by atoms with Gasteiger partial charge in [0.1, 0.15) is 5.82 Å². The molecule has 0 spiro atoms. The van der Waals surface area contributed by atoms with Crippen LogP contribution in [-0.2, 0) is 28.0 Å². The van der Waals surface area contributed by atoms with Gasteiger partial charge in [-0.25, -0.2) is 4.98 Å². The first-order valence-electron chi connectivity index (χ1n) is 18.2. The van der Waals surface area contributed by atoms with Crippen molar-refractivity contribution in [3.8, 4) is 23.0 Å². The Morgan fingerprint density at radius 3 is 2.47 bits per heavy atom. The van der Waals surface area contributed by atoms with Crippen molar-refractivity contribution in [3.05, 3.63) is 110 Å². The molecule has 9 heteroatoms. The van der Waals surface area contributed by atoms with Crippen molar-refractivity contribution in [2.75, 3.05) is 36.0 Å². The van der Waals surface area contributed by atoms with Crippen LogP contribution in [0.2, 0.25) is 12.1 Å². The zero-order chi connectivity index (χ0) is 34.5. The standard InChI is InChI=1S/C40H36N6OSi.Pt/c1-42-28-45(39-25-29(12-15-37(39)42)43-18-5-2-6-19-43)31-8-7-9-32(24-31)47-33-13-14-35-34-10-3-4-11-36(34)46(38(35)27-33)40-26-30(16-17-41-40)44-20-22-48-23-21-44;/h3-4,7-17,25-26H,2,5-6,18-23H2,1H3;/q-2;/i1D3;. The van der Waals surface area contributed by atoms with Gasteiger partial charge in [-0.1, -0.05) is 35.5 Å². The summed E-state index contributed by atoms with van der Waals surface area (Å²) in [6.07, 6.45) is 8.54. The number of aryl methyl sites for hydroxylation is 1. The summed E-state index contributed by atoms with van der Waals surface area (Å²) >= 11 is 0. The van der Waals surface area contributed by atoms with Crippen LogP contribution in [0, 0.1) is 18.5 Å². The summed E-state index contributed by atoms with van der Waals surface area (Å²) in [6.45, 7) is 1.73. The predicted octanol–water partition coefficient (Wildman–Crippen LogP) is 7.49. The first-order valence-corrected chi connectivity index (χ1v) is 18.2. The maximum absolute atomic E-state index is 8.21. The Balaban J connectivity index is 0.00000387. The number of para-hydroxylation sites is 1. The van der Waals surface area contributed by atoms with Gasteiger partial charge in [0, 0.05) is 97.4 Å². The zero-order valence-electron chi connectivity index (χ0n) is 29.9. The molecule has 2 fully saturated rings. The van der Waals surface area contributed by atoms with E-state index in [1.807, 2.05) is 42.6 Å². The molecule has 0 saturated carbocycles. The van der Waals surface area contributed by atoms with Crippen LogP contribution < -0.4 is 19.1 Å². The van der Waals surface area contributed by atoms with Gasteiger partial charge in [-0.05, 0) is 61.0 Å². The molecule has 9 rings (SSSR count). The summed E-state index contributed by atoms with van der Waals surface area (Å²) in [4.78, 5) is 9.66. The van der Waals surface area contributed by atoms with Crippen LogP contribution in [-0.4, -0.2) is 49.8 Å². The number of pyridine rings is 1. The van der Waals surface area contributed by atoms with E-state index in [-0.39, 0.29) is 21.1 Å². The Morgan fingerprint density at radius 2 is 1.59 bits per heavy atom. The minimum atomic E-state index is -2.39. The third-order valence-electron chi connectivity index (χ3n) is 9.57. The van der Waals surface area contributed by atoms with Crippen molar-refractivity contribution >= 4 is 53.7 Å². The molecule has 0 amide bonds. The van der Waals surface area contributed by atoms with Crippen LogP contribution in [0.25, 0.3) is 44.3 Å². The fraction of sp³-hybridized carbons (Fsp3) is 0.250. The Labute approximate surface area is 308 Å². The summed E-state index contributed by atoms with van der Waals surface area (Å²) < 4.78 is 36.3. The van der Waals surface area contributed by atoms with Crippen LogP contribution >= 0.6 is 0 Å². The SMILES string of the molecule is [2H]C([2H])([2H])[n+]1[c-]n(-c2[c-]c(Oc3[c-]c4c(cc3)c3ccccc3n4-c3cc(N4CC[Si]CC4)ccn3)ccc2)c2cc(N3CCCCC3)ccc21.[Pt]. The Bertz CT molecular complexity index is 2400. The van der Waals surface area contributed by atoms with Gasteiger partial charge in [0.05, 0.1) is 22.1 Å². The third kappa shape index (κ3) is 5.95. The van der Waals surface area contributed by atoms with E-state index in [0.29, 0.717) is 22.7 Å². The van der Waals surface area contributed by atoms with E-state index in [4.69, 9.17) is 13.8 Å². The molecule has 5 heterocycles. The van der Waals surface area contributed by atoms with Crippen LogP contribution in [0.5, 0.6) is 11.5 Å². The van der Waals surface area contributed by atoms with E-state index in [1.54, 1.807) is 4.57 Å². The smallest absolute Gasteiger partial charge is 0.242 e. The van der Waals surface area contributed by atoms with E-state index in [0.717, 1.165) is 87.4 Å². The van der Waals surface area contributed by atoms with Gasteiger partial charge >= 0.3 is 0 Å². The normalized spacial score (nSPS) is 16.4. The molecule has 2 aliphatic heterocycles. The quantitative estimate of drug-likeness (QED) is 0.0990.